The van der Waals surface area contributed by atoms with Gasteiger partial charge in [0.05, 0.1) is 41.5 Å². The minimum atomic E-state index is -0.416. The number of carbonyl (C=O) groups excluding carboxylic acids is 1. The third kappa shape index (κ3) is 3.86. The Balaban J connectivity index is 1.43. The van der Waals surface area contributed by atoms with Gasteiger partial charge in [-0.05, 0) is 55.0 Å². The lowest BCUT2D eigenvalue weighted by atomic mass is 9.83. The molecule has 1 aliphatic carbocycles. The molecule has 2 N–H and O–H groups in total. The molecule has 3 aromatic rings. The van der Waals surface area contributed by atoms with E-state index in [1.807, 2.05) is 25.1 Å². The fourth-order valence-corrected chi connectivity index (χ4v) is 6.41. The Labute approximate surface area is 217 Å². The summed E-state index contributed by atoms with van der Waals surface area (Å²) in [6, 6.07) is 5.94. The molecule has 0 amide bonds. The molecule has 6 rings (SSSR count). The maximum atomic E-state index is 13.6. The molecule has 0 radical (unpaired) electrons. The minimum Gasteiger partial charge on any atom is -0.493 e. The van der Waals surface area contributed by atoms with Crippen LogP contribution in [0.4, 0.5) is 0 Å². The summed E-state index contributed by atoms with van der Waals surface area (Å²) in [7, 11) is 0. The van der Waals surface area contributed by atoms with E-state index >= 15 is 0 Å². The highest BCUT2D eigenvalue weighted by molar-refractivity contribution is 5.93. The van der Waals surface area contributed by atoms with E-state index in [1.54, 1.807) is 4.57 Å². The first-order valence-corrected chi connectivity index (χ1v) is 13.8. The first-order chi connectivity index (χ1) is 18.0. The number of carbonyl (C=O) groups is 1. The molecule has 1 aromatic carbocycles. The number of hydrogen-bond acceptors (Lipinski definition) is 6. The van der Waals surface area contributed by atoms with Crippen LogP contribution >= 0.6 is 0 Å². The molecule has 0 unspecified atom stereocenters. The Kier molecular flexibility index (Phi) is 6.27. The Morgan fingerprint density at radius 3 is 2.76 bits per heavy atom. The van der Waals surface area contributed by atoms with Gasteiger partial charge in [-0.15, -0.1) is 0 Å². The number of esters is 1. The predicted octanol–water partition coefficient (Wildman–Crippen LogP) is 5.27. The summed E-state index contributed by atoms with van der Waals surface area (Å²) in [5, 5.41) is 1.09. The molecule has 7 heteroatoms. The first kappa shape index (κ1) is 24.2. The quantitative estimate of drug-likeness (QED) is 0.261. The molecule has 194 valence electrons. The molecule has 3 aliphatic rings. The number of aromatic nitrogens is 2. The maximum Gasteiger partial charge on any atom is 0.313 e. The van der Waals surface area contributed by atoms with Gasteiger partial charge in [-0.25, -0.2) is 4.98 Å². The second-order valence-corrected chi connectivity index (χ2v) is 10.6. The number of hydrogen-bond donors (Lipinski definition) is 1. The molecule has 4 heterocycles. The third-order valence-electron chi connectivity index (χ3n) is 8.36. The van der Waals surface area contributed by atoms with E-state index in [1.165, 1.54) is 31.2 Å². The normalized spacial score (nSPS) is 19.4. The molecule has 0 spiro atoms. The lowest BCUT2D eigenvalue weighted by Gasteiger charge is -2.26. The monoisotopic (exact) mass is 501 g/mol. The summed E-state index contributed by atoms with van der Waals surface area (Å²) in [5.74, 6) is 0.256. The van der Waals surface area contributed by atoms with E-state index in [4.69, 9.17) is 20.2 Å². The molecule has 0 fully saturated rings. The molecule has 2 aromatic heterocycles. The van der Waals surface area contributed by atoms with Crippen LogP contribution < -0.4 is 16.0 Å². The van der Waals surface area contributed by atoms with Crippen LogP contribution in [0.25, 0.3) is 22.3 Å². The topological polar surface area (TPSA) is 96.4 Å². The Morgan fingerprint density at radius 1 is 1.11 bits per heavy atom. The first-order valence-electron chi connectivity index (χ1n) is 13.8. The molecular weight excluding hydrogens is 466 g/mol. The Morgan fingerprint density at radius 2 is 1.95 bits per heavy atom. The largest absolute Gasteiger partial charge is 0.493 e. The Bertz CT molecular complexity index is 1460. The highest BCUT2D eigenvalue weighted by Gasteiger charge is 2.36. The summed E-state index contributed by atoms with van der Waals surface area (Å²) in [6.07, 6.45) is 8.29. The zero-order valence-corrected chi connectivity index (χ0v) is 21.8. The van der Waals surface area contributed by atoms with Crippen LogP contribution in [-0.4, -0.2) is 22.1 Å². The van der Waals surface area contributed by atoms with Gasteiger partial charge in [-0.1, -0.05) is 39.5 Å². The highest BCUT2D eigenvalue weighted by atomic mass is 16.5. The van der Waals surface area contributed by atoms with Crippen LogP contribution in [-0.2, 0) is 29.1 Å². The molecule has 7 nitrogen and oxygen atoms in total. The molecule has 0 bridgehead atoms. The lowest BCUT2D eigenvalue weighted by molar-refractivity contribution is -0.148. The van der Waals surface area contributed by atoms with Gasteiger partial charge < -0.3 is 19.8 Å². The number of unbranched alkanes of at least 4 members (excludes halogenated alkanes) is 4. The fraction of sp³-hybridized carbons (Fsp3) is 0.500. The van der Waals surface area contributed by atoms with Gasteiger partial charge in [-0.3, -0.25) is 9.59 Å². The SMILES string of the molecule is CCCCCCCOc1ccc2nc3c(c4c2c1CC[C@@H]4N)Cn1c-3cc2c(c1=O)COC(=O)[C@@H]2CC. The van der Waals surface area contributed by atoms with Crippen molar-refractivity contribution in [3.05, 3.63) is 56.4 Å². The average molecular weight is 502 g/mol. The fourth-order valence-electron chi connectivity index (χ4n) is 6.41. The number of rotatable bonds is 8. The van der Waals surface area contributed by atoms with Crippen molar-refractivity contribution in [2.45, 2.75) is 90.3 Å². The van der Waals surface area contributed by atoms with Crippen molar-refractivity contribution in [1.29, 1.82) is 0 Å². The second kappa shape index (κ2) is 9.60. The van der Waals surface area contributed by atoms with Gasteiger partial charge in [0.2, 0.25) is 0 Å². The number of aryl methyl sites for hydroxylation is 1. The number of nitrogens with zero attached hydrogens (tertiary/aromatic N) is 2. The van der Waals surface area contributed by atoms with Crippen LogP contribution in [0.2, 0.25) is 0 Å². The van der Waals surface area contributed by atoms with Gasteiger partial charge in [-0.2, -0.15) is 0 Å². The van der Waals surface area contributed by atoms with E-state index in [0.717, 1.165) is 64.0 Å². The van der Waals surface area contributed by atoms with Crippen molar-refractivity contribution < 1.29 is 14.3 Å². The van der Waals surface area contributed by atoms with Gasteiger partial charge in [0.1, 0.15) is 12.4 Å². The molecule has 0 saturated heterocycles. The zero-order chi connectivity index (χ0) is 25.7. The number of ether oxygens (including phenoxy) is 2. The van der Waals surface area contributed by atoms with Gasteiger partial charge in [0, 0.05) is 22.6 Å². The predicted molar refractivity (Wildman–Crippen MR) is 143 cm³/mol. The summed E-state index contributed by atoms with van der Waals surface area (Å²) >= 11 is 0. The van der Waals surface area contributed by atoms with E-state index in [2.05, 4.69) is 6.92 Å². The Hall–Kier alpha value is -3.19. The number of cyclic esters (lactones) is 1. The number of pyridine rings is 2. The van der Waals surface area contributed by atoms with Gasteiger partial charge in [0.25, 0.3) is 5.56 Å². The zero-order valence-electron chi connectivity index (χ0n) is 21.8. The van der Waals surface area contributed by atoms with Crippen molar-refractivity contribution in [3.8, 4) is 17.1 Å². The maximum absolute atomic E-state index is 13.6. The van der Waals surface area contributed by atoms with Crippen LogP contribution in [0, 0.1) is 0 Å². The van der Waals surface area contributed by atoms with Crippen LogP contribution in [0.3, 0.4) is 0 Å². The van der Waals surface area contributed by atoms with E-state index in [0.29, 0.717) is 25.1 Å². The standard InChI is InChI=1S/C30H35N3O4/c1-3-5-6-7-8-13-36-25-12-11-23-27-18(25)9-10-22(31)26(27)20-15-33-24(28(20)32-23)14-19-17(4-2)30(35)37-16-21(19)29(33)34/h11-12,14,17,22H,3-10,13,15-16,31H2,1-2H3/t17-,22+/m1/s1. The smallest absolute Gasteiger partial charge is 0.313 e. The van der Waals surface area contributed by atoms with Crippen LogP contribution in [0.5, 0.6) is 5.75 Å². The van der Waals surface area contributed by atoms with Gasteiger partial charge in [0.15, 0.2) is 0 Å². The van der Waals surface area contributed by atoms with Crippen LogP contribution in [0.1, 0.15) is 98.6 Å². The second-order valence-electron chi connectivity index (χ2n) is 10.6. The van der Waals surface area contributed by atoms with Gasteiger partial charge >= 0.3 is 5.97 Å². The van der Waals surface area contributed by atoms with Crippen molar-refractivity contribution in [2.24, 2.45) is 5.73 Å². The van der Waals surface area contributed by atoms with Crippen molar-refractivity contribution >= 4 is 16.9 Å². The van der Waals surface area contributed by atoms with E-state index < -0.39 is 5.92 Å². The van der Waals surface area contributed by atoms with Crippen molar-refractivity contribution in [2.75, 3.05) is 6.61 Å². The third-order valence-corrected chi connectivity index (χ3v) is 8.36. The number of fused-ring (bicyclic) bond motifs is 5. The number of benzene rings is 1. The van der Waals surface area contributed by atoms with Crippen molar-refractivity contribution in [3.63, 3.8) is 0 Å². The van der Waals surface area contributed by atoms with Crippen LogP contribution in [0.15, 0.2) is 23.0 Å². The molecular formula is C30H35N3O4. The summed E-state index contributed by atoms with van der Waals surface area (Å²) in [4.78, 5) is 31.0. The molecule has 2 atom stereocenters. The van der Waals surface area contributed by atoms with E-state index in [9.17, 15) is 9.59 Å². The molecule has 37 heavy (non-hydrogen) atoms. The summed E-state index contributed by atoms with van der Waals surface area (Å²) < 4.78 is 13.4. The lowest BCUT2D eigenvalue weighted by Crippen LogP contribution is -2.32. The average Bonchev–Trinajstić information content (AvgIpc) is 3.27. The minimum absolute atomic E-state index is 0.0329. The molecule has 2 aliphatic heterocycles. The molecule has 0 saturated carbocycles. The number of nitrogens with two attached hydrogens (primary N) is 1. The summed E-state index contributed by atoms with van der Waals surface area (Å²) in [5.41, 5.74) is 13.8. The highest BCUT2D eigenvalue weighted by Crippen LogP contribution is 2.45. The van der Waals surface area contributed by atoms with E-state index in [-0.39, 0.29) is 24.2 Å². The summed E-state index contributed by atoms with van der Waals surface area (Å²) in [6.45, 7) is 5.36. The van der Waals surface area contributed by atoms with Crippen molar-refractivity contribution in [1.82, 2.24) is 9.55 Å².